The molecule has 2 radical (unpaired) electrons. The van der Waals surface area contributed by atoms with Gasteiger partial charge < -0.3 is 5.11 Å². The molecule has 0 aromatic rings. The van der Waals surface area contributed by atoms with Crippen LogP contribution in [0.2, 0.25) is 0 Å². The van der Waals surface area contributed by atoms with Crippen molar-refractivity contribution in [2.24, 2.45) is 0 Å². The lowest BCUT2D eigenvalue weighted by molar-refractivity contribution is 0.285. The molecule has 0 bridgehead atoms. The van der Waals surface area contributed by atoms with E-state index in [0.717, 1.165) is 25.9 Å². The van der Waals surface area contributed by atoms with E-state index in [-0.39, 0.29) is 6.61 Å². The van der Waals surface area contributed by atoms with Crippen molar-refractivity contribution in [2.75, 3.05) is 19.7 Å². The first-order valence-corrected chi connectivity index (χ1v) is 3.01. The molecule has 8 heavy (non-hydrogen) atoms. The summed E-state index contributed by atoms with van der Waals surface area (Å²) in [6.45, 7) is 2.13. The van der Waals surface area contributed by atoms with Gasteiger partial charge in [0.15, 0.2) is 0 Å². The highest BCUT2D eigenvalue weighted by Crippen LogP contribution is 2.12. The lowest BCUT2D eigenvalue weighted by Crippen LogP contribution is -2.22. The highest BCUT2D eigenvalue weighted by Gasteiger charge is 2.11. The van der Waals surface area contributed by atoms with Crippen molar-refractivity contribution in [1.82, 2.24) is 5.32 Å². The summed E-state index contributed by atoms with van der Waals surface area (Å²) in [5.74, 6) is 1.26. The molecule has 0 aromatic carbocycles. The zero-order valence-electron chi connectivity index (χ0n) is 4.93. The van der Waals surface area contributed by atoms with Crippen molar-refractivity contribution in [3.63, 3.8) is 0 Å². The minimum atomic E-state index is 0.273. The van der Waals surface area contributed by atoms with Gasteiger partial charge in [0.1, 0.15) is 0 Å². The maximum atomic E-state index is 8.61. The minimum Gasteiger partial charge on any atom is -0.396 e. The molecule has 1 saturated heterocycles. The molecule has 1 heterocycles. The third-order valence-electron chi connectivity index (χ3n) is 1.47. The van der Waals surface area contributed by atoms with Crippen LogP contribution in [0.3, 0.4) is 0 Å². The van der Waals surface area contributed by atoms with Crippen LogP contribution in [-0.4, -0.2) is 24.8 Å². The lowest BCUT2D eigenvalue weighted by Gasteiger charge is -2.17. The van der Waals surface area contributed by atoms with Crippen LogP contribution in [-0.2, 0) is 0 Å². The Balaban J connectivity index is 2.13. The van der Waals surface area contributed by atoms with Gasteiger partial charge in [-0.2, -0.15) is 0 Å². The van der Waals surface area contributed by atoms with E-state index >= 15 is 0 Å². The van der Waals surface area contributed by atoms with Crippen LogP contribution >= 0.6 is 0 Å². The van der Waals surface area contributed by atoms with E-state index in [0.29, 0.717) is 0 Å². The van der Waals surface area contributed by atoms with Crippen molar-refractivity contribution in [3.8, 4) is 0 Å². The number of hydrogen-bond donors (Lipinski definition) is 1. The van der Waals surface area contributed by atoms with Crippen molar-refractivity contribution < 1.29 is 5.11 Å². The molecule has 2 nitrogen and oxygen atoms in total. The van der Waals surface area contributed by atoms with Gasteiger partial charge in [0, 0.05) is 25.6 Å². The van der Waals surface area contributed by atoms with Crippen LogP contribution in [0.4, 0.5) is 0 Å². The fourth-order valence-electron chi connectivity index (χ4n) is 0.869. The second-order valence-corrected chi connectivity index (χ2v) is 2.08. The Bertz CT molecular complexity index is 59.5. The van der Waals surface area contributed by atoms with E-state index in [4.69, 9.17) is 5.11 Å². The zero-order valence-corrected chi connectivity index (χ0v) is 4.93. The van der Waals surface area contributed by atoms with Crippen molar-refractivity contribution >= 4 is 0 Å². The van der Waals surface area contributed by atoms with Gasteiger partial charge in [0.05, 0.1) is 0 Å². The molecule has 0 amide bonds. The van der Waals surface area contributed by atoms with E-state index in [2.05, 4.69) is 5.32 Å². The first-order chi connectivity index (χ1) is 3.93. The summed E-state index contributed by atoms with van der Waals surface area (Å²) < 4.78 is 0. The summed E-state index contributed by atoms with van der Waals surface area (Å²) in [7, 11) is 0. The first-order valence-electron chi connectivity index (χ1n) is 3.01. The summed E-state index contributed by atoms with van der Waals surface area (Å²) in [5.41, 5.74) is 0. The molecule has 2 heteroatoms. The van der Waals surface area contributed by atoms with E-state index in [1.807, 2.05) is 0 Å². The average Bonchev–Trinajstić information content (AvgIpc) is 1.90. The van der Waals surface area contributed by atoms with Gasteiger partial charge in [0.2, 0.25) is 0 Å². The molecular weight excluding hydrogens is 102 g/mol. The lowest BCUT2D eigenvalue weighted by atomic mass is 10.00. The topological polar surface area (TPSA) is 34.3 Å². The standard InChI is InChI=1S/C6H11NO/c8-5-6-1-3-7-4-2-6/h8H,1-5H2. The van der Waals surface area contributed by atoms with Gasteiger partial charge in [-0.05, 0) is 12.8 Å². The number of aliphatic hydroxyl groups excluding tert-OH is 1. The van der Waals surface area contributed by atoms with Gasteiger partial charge >= 0.3 is 0 Å². The van der Waals surface area contributed by atoms with E-state index < -0.39 is 0 Å². The summed E-state index contributed by atoms with van der Waals surface area (Å²) in [6, 6.07) is 0. The molecule has 1 N–H and O–H groups in total. The van der Waals surface area contributed by atoms with Gasteiger partial charge in [-0.25, -0.2) is 5.32 Å². The Morgan fingerprint density at radius 1 is 1.38 bits per heavy atom. The van der Waals surface area contributed by atoms with Gasteiger partial charge in [-0.15, -0.1) is 0 Å². The molecule has 0 saturated carbocycles. The second-order valence-electron chi connectivity index (χ2n) is 2.08. The third kappa shape index (κ3) is 1.46. The predicted molar refractivity (Wildman–Crippen MR) is 31.4 cm³/mol. The summed E-state index contributed by atoms with van der Waals surface area (Å²) in [4.78, 5) is 0. The number of nitrogens with zero attached hydrogens (tertiary/aromatic N) is 1. The normalized spacial score (nSPS) is 23.6. The van der Waals surface area contributed by atoms with Crippen LogP contribution in [0.25, 0.3) is 0 Å². The zero-order chi connectivity index (χ0) is 5.82. The average molecular weight is 113 g/mol. The van der Waals surface area contributed by atoms with Gasteiger partial charge in [-0.3, -0.25) is 0 Å². The monoisotopic (exact) mass is 113 g/mol. The number of piperidine rings is 1. The minimum absolute atomic E-state index is 0.273. The second kappa shape index (κ2) is 3.05. The smallest absolute Gasteiger partial charge is 0.0494 e. The van der Waals surface area contributed by atoms with Crippen LogP contribution in [0, 0.1) is 5.92 Å². The Kier molecular flexibility index (Phi) is 2.30. The summed E-state index contributed by atoms with van der Waals surface area (Å²) in [5, 5.41) is 12.8. The third-order valence-corrected chi connectivity index (χ3v) is 1.47. The Morgan fingerprint density at radius 2 is 2.00 bits per heavy atom. The van der Waals surface area contributed by atoms with Gasteiger partial charge in [-0.1, -0.05) is 0 Å². The molecule has 1 aliphatic rings. The molecule has 0 aliphatic carbocycles. The molecule has 0 spiro atoms. The molecule has 0 atom stereocenters. The molecule has 1 aliphatic heterocycles. The maximum Gasteiger partial charge on any atom is 0.0494 e. The molecule has 46 valence electrons. The van der Waals surface area contributed by atoms with Crippen molar-refractivity contribution in [1.29, 1.82) is 0 Å². The van der Waals surface area contributed by atoms with E-state index in [9.17, 15) is 0 Å². The SMILES string of the molecule is OC[C]1CC[N]CC1. The molecule has 0 aromatic heterocycles. The van der Waals surface area contributed by atoms with Crippen LogP contribution < -0.4 is 5.32 Å². The molecule has 1 fully saturated rings. The van der Waals surface area contributed by atoms with Gasteiger partial charge in [0.25, 0.3) is 0 Å². The molecule has 1 rings (SSSR count). The van der Waals surface area contributed by atoms with Crippen molar-refractivity contribution in [3.05, 3.63) is 5.92 Å². The number of hydrogen-bond acceptors (Lipinski definition) is 1. The highest BCUT2D eigenvalue weighted by atomic mass is 16.3. The van der Waals surface area contributed by atoms with E-state index in [1.54, 1.807) is 0 Å². The quantitative estimate of drug-likeness (QED) is 0.508. The first kappa shape index (κ1) is 6.05. The fourth-order valence-corrected chi connectivity index (χ4v) is 0.869. The number of rotatable bonds is 1. The van der Waals surface area contributed by atoms with Crippen LogP contribution in [0.1, 0.15) is 12.8 Å². The summed E-state index contributed by atoms with van der Waals surface area (Å²) >= 11 is 0. The predicted octanol–water partition coefficient (Wildman–Crippen LogP) is -0.0486. The molecular formula is C6H11NO. The van der Waals surface area contributed by atoms with Crippen molar-refractivity contribution in [2.45, 2.75) is 12.8 Å². The molecule has 0 unspecified atom stereocenters. The van der Waals surface area contributed by atoms with Crippen LogP contribution in [0.5, 0.6) is 0 Å². The Labute approximate surface area is 49.9 Å². The summed E-state index contributed by atoms with van der Waals surface area (Å²) in [6.07, 6.45) is 2.02. The Morgan fingerprint density at radius 3 is 2.38 bits per heavy atom. The Hall–Kier alpha value is -0.0800. The number of aliphatic hydroxyl groups is 1. The van der Waals surface area contributed by atoms with E-state index in [1.165, 1.54) is 5.92 Å². The highest BCUT2D eigenvalue weighted by molar-refractivity contribution is 4.92. The largest absolute Gasteiger partial charge is 0.396 e. The maximum absolute atomic E-state index is 8.61. The fraction of sp³-hybridized carbons (Fsp3) is 0.833. The van der Waals surface area contributed by atoms with Crippen LogP contribution in [0.15, 0.2) is 0 Å².